The van der Waals surface area contributed by atoms with Crippen molar-refractivity contribution in [2.45, 2.75) is 64.5 Å². The minimum absolute atomic E-state index is 0.00348. The molecule has 33 heavy (non-hydrogen) atoms. The molecule has 1 N–H and O–H groups in total. The Balaban J connectivity index is 1.39. The molecular weight excluding hydrogens is 422 g/mol. The van der Waals surface area contributed by atoms with Crippen molar-refractivity contribution in [3.05, 3.63) is 30.3 Å². The van der Waals surface area contributed by atoms with Crippen molar-refractivity contribution in [1.29, 1.82) is 0 Å². The van der Waals surface area contributed by atoms with Gasteiger partial charge in [0.2, 0.25) is 11.8 Å². The van der Waals surface area contributed by atoms with Crippen LogP contribution < -0.4 is 10.1 Å². The first-order chi connectivity index (χ1) is 15.7. The van der Waals surface area contributed by atoms with E-state index in [0.717, 1.165) is 18.6 Å². The number of hydrogen-bond acceptors (Lipinski definition) is 5. The third-order valence-electron chi connectivity index (χ3n) is 5.97. The molecule has 3 amide bonds. The second-order valence-corrected chi connectivity index (χ2v) is 9.84. The molecule has 2 aliphatic heterocycles. The zero-order chi connectivity index (χ0) is 23.8. The lowest BCUT2D eigenvalue weighted by atomic mass is 9.95. The molecule has 2 fully saturated rings. The first-order valence-electron chi connectivity index (χ1n) is 12.0. The van der Waals surface area contributed by atoms with E-state index in [1.807, 2.05) is 51.1 Å². The predicted molar refractivity (Wildman–Crippen MR) is 125 cm³/mol. The largest absolute Gasteiger partial charge is 0.493 e. The molecule has 2 saturated heterocycles. The van der Waals surface area contributed by atoms with Gasteiger partial charge in [-0.2, -0.15) is 0 Å². The highest BCUT2D eigenvalue weighted by atomic mass is 16.6. The summed E-state index contributed by atoms with van der Waals surface area (Å²) >= 11 is 0. The highest BCUT2D eigenvalue weighted by Gasteiger charge is 2.31. The number of benzene rings is 1. The van der Waals surface area contributed by atoms with Gasteiger partial charge in [0.15, 0.2) is 0 Å². The summed E-state index contributed by atoms with van der Waals surface area (Å²) in [5.41, 5.74) is -0.514. The van der Waals surface area contributed by atoms with E-state index in [9.17, 15) is 14.4 Å². The molecule has 0 spiro atoms. The second-order valence-electron chi connectivity index (χ2n) is 9.84. The fourth-order valence-corrected chi connectivity index (χ4v) is 4.20. The molecule has 182 valence electrons. The number of nitrogens with one attached hydrogen (secondary N) is 1. The van der Waals surface area contributed by atoms with Crippen LogP contribution in [-0.2, 0) is 14.3 Å². The number of hydrogen-bond donors (Lipinski definition) is 1. The van der Waals surface area contributed by atoms with E-state index in [2.05, 4.69) is 5.32 Å². The van der Waals surface area contributed by atoms with Crippen molar-refractivity contribution < 1.29 is 23.9 Å². The molecule has 3 rings (SSSR count). The summed E-state index contributed by atoms with van der Waals surface area (Å²) in [6, 6.07) is 9.48. The average molecular weight is 460 g/mol. The number of nitrogens with zero attached hydrogens (tertiary/aromatic N) is 2. The van der Waals surface area contributed by atoms with Gasteiger partial charge in [-0.1, -0.05) is 18.2 Å². The lowest BCUT2D eigenvalue weighted by Gasteiger charge is -2.36. The Kier molecular flexibility index (Phi) is 8.58. The van der Waals surface area contributed by atoms with Crippen LogP contribution in [0.5, 0.6) is 5.75 Å². The maximum absolute atomic E-state index is 12.9. The number of carbonyl (C=O) groups is 3. The smallest absolute Gasteiger partial charge is 0.410 e. The number of amides is 3. The lowest BCUT2D eigenvalue weighted by molar-refractivity contribution is -0.136. The van der Waals surface area contributed by atoms with Gasteiger partial charge < -0.3 is 24.6 Å². The van der Waals surface area contributed by atoms with E-state index in [4.69, 9.17) is 9.47 Å². The molecule has 1 unspecified atom stereocenters. The van der Waals surface area contributed by atoms with Gasteiger partial charge in [-0.05, 0) is 58.6 Å². The molecule has 8 heteroatoms. The van der Waals surface area contributed by atoms with E-state index in [0.29, 0.717) is 52.0 Å². The Labute approximate surface area is 196 Å². The van der Waals surface area contributed by atoms with Gasteiger partial charge >= 0.3 is 6.09 Å². The summed E-state index contributed by atoms with van der Waals surface area (Å²) in [6.45, 7) is 8.15. The molecular formula is C25H37N3O5. The molecule has 0 bridgehead atoms. The van der Waals surface area contributed by atoms with Crippen molar-refractivity contribution in [1.82, 2.24) is 15.1 Å². The van der Waals surface area contributed by atoms with Gasteiger partial charge in [0.25, 0.3) is 0 Å². The van der Waals surface area contributed by atoms with E-state index in [1.54, 1.807) is 9.80 Å². The molecule has 0 radical (unpaired) electrons. The van der Waals surface area contributed by atoms with Crippen LogP contribution in [0, 0.1) is 5.92 Å². The number of ether oxygens (including phenoxy) is 2. The van der Waals surface area contributed by atoms with Crippen molar-refractivity contribution in [2.75, 3.05) is 32.8 Å². The Morgan fingerprint density at radius 3 is 2.36 bits per heavy atom. The van der Waals surface area contributed by atoms with Gasteiger partial charge in [0.05, 0.1) is 18.9 Å². The Morgan fingerprint density at radius 2 is 1.70 bits per heavy atom. The summed E-state index contributed by atoms with van der Waals surface area (Å²) in [6.07, 6.45) is 3.01. The van der Waals surface area contributed by atoms with E-state index in [-0.39, 0.29) is 29.9 Å². The van der Waals surface area contributed by atoms with Crippen molar-refractivity contribution in [2.24, 2.45) is 5.92 Å². The number of rotatable bonds is 6. The molecule has 2 aliphatic rings. The average Bonchev–Trinajstić information content (AvgIpc) is 2.79. The standard InChI is InChI=1S/C25H37N3O5/c1-25(2,3)33-24(31)27-15-11-20(12-16-27)26-23(30)19-8-7-14-28(18-19)22(29)13-17-32-21-9-5-4-6-10-21/h4-6,9-10,19-20H,7-8,11-18H2,1-3H3,(H,26,30). The van der Waals surface area contributed by atoms with Crippen molar-refractivity contribution in [3.63, 3.8) is 0 Å². The quantitative estimate of drug-likeness (QED) is 0.706. The predicted octanol–water partition coefficient (Wildman–Crippen LogP) is 3.21. The number of likely N-dealkylation sites (tertiary alicyclic amines) is 2. The maximum atomic E-state index is 12.9. The third-order valence-corrected chi connectivity index (χ3v) is 5.97. The highest BCUT2D eigenvalue weighted by Crippen LogP contribution is 2.20. The lowest BCUT2D eigenvalue weighted by Crippen LogP contribution is -2.51. The van der Waals surface area contributed by atoms with Crippen LogP contribution in [0.1, 0.15) is 52.9 Å². The summed E-state index contributed by atoms with van der Waals surface area (Å²) in [4.78, 5) is 41.2. The normalized spacial score (nSPS) is 19.7. The monoisotopic (exact) mass is 459 g/mol. The van der Waals surface area contributed by atoms with Gasteiger partial charge in [-0.3, -0.25) is 9.59 Å². The number of carbonyl (C=O) groups excluding carboxylic acids is 3. The molecule has 1 aromatic carbocycles. The Morgan fingerprint density at radius 1 is 1.00 bits per heavy atom. The topological polar surface area (TPSA) is 88.2 Å². The van der Waals surface area contributed by atoms with E-state index < -0.39 is 5.60 Å². The van der Waals surface area contributed by atoms with Crippen LogP contribution in [0.2, 0.25) is 0 Å². The van der Waals surface area contributed by atoms with Crippen LogP contribution in [0.3, 0.4) is 0 Å². The molecule has 1 atom stereocenters. The second kappa shape index (κ2) is 11.4. The van der Waals surface area contributed by atoms with Crippen LogP contribution >= 0.6 is 0 Å². The molecule has 2 heterocycles. The summed E-state index contributed by atoms with van der Waals surface area (Å²) < 4.78 is 11.1. The fraction of sp³-hybridized carbons (Fsp3) is 0.640. The van der Waals surface area contributed by atoms with Crippen molar-refractivity contribution >= 4 is 17.9 Å². The van der Waals surface area contributed by atoms with E-state index >= 15 is 0 Å². The first kappa shape index (κ1) is 24.9. The van der Waals surface area contributed by atoms with Crippen LogP contribution in [-0.4, -0.2) is 72.1 Å². The third kappa shape index (κ3) is 7.94. The van der Waals surface area contributed by atoms with Crippen LogP contribution in [0.4, 0.5) is 4.79 Å². The SMILES string of the molecule is CC(C)(C)OC(=O)N1CCC(NC(=O)C2CCCN(C(=O)CCOc3ccccc3)C2)CC1. The first-order valence-corrected chi connectivity index (χ1v) is 12.0. The summed E-state index contributed by atoms with van der Waals surface area (Å²) in [5.74, 6) is 0.582. The molecule has 0 aliphatic carbocycles. The molecule has 1 aromatic rings. The maximum Gasteiger partial charge on any atom is 0.410 e. The Hall–Kier alpha value is -2.77. The summed E-state index contributed by atoms with van der Waals surface area (Å²) in [7, 11) is 0. The highest BCUT2D eigenvalue weighted by molar-refractivity contribution is 5.81. The fourth-order valence-electron chi connectivity index (χ4n) is 4.20. The zero-order valence-corrected chi connectivity index (χ0v) is 20.0. The molecule has 0 aromatic heterocycles. The zero-order valence-electron chi connectivity index (χ0n) is 20.0. The Bertz CT molecular complexity index is 800. The van der Waals surface area contributed by atoms with Crippen LogP contribution in [0.15, 0.2) is 30.3 Å². The minimum atomic E-state index is -0.514. The minimum Gasteiger partial charge on any atom is -0.493 e. The van der Waals surface area contributed by atoms with E-state index in [1.165, 1.54) is 0 Å². The van der Waals surface area contributed by atoms with Gasteiger partial charge in [0, 0.05) is 32.2 Å². The van der Waals surface area contributed by atoms with Crippen molar-refractivity contribution in [3.8, 4) is 5.75 Å². The van der Waals surface area contributed by atoms with Crippen LogP contribution in [0.25, 0.3) is 0 Å². The number of piperidine rings is 2. The number of para-hydroxylation sites is 1. The van der Waals surface area contributed by atoms with Gasteiger partial charge in [-0.25, -0.2) is 4.79 Å². The molecule has 8 nitrogen and oxygen atoms in total. The van der Waals surface area contributed by atoms with Gasteiger partial charge in [-0.15, -0.1) is 0 Å². The summed E-state index contributed by atoms with van der Waals surface area (Å²) in [5, 5.41) is 3.14. The molecule has 0 saturated carbocycles. The van der Waals surface area contributed by atoms with Gasteiger partial charge in [0.1, 0.15) is 11.4 Å².